The van der Waals surface area contributed by atoms with Crippen LogP contribution < -0.4 is 0 Å². The number of nitrogens with zero attached hydrogens (tertiary/aromatic N) is 4. The molecule has 4 heterocycles. The van der Waals surface area contributed by atoms with Crippen LogP contribution in [0.2, 0.25) is 0 Å². The molecular formula is C20H16N4Ru. The Morgan fingerprint density at radius 3 is 0.760 bits per heavy atom. The first kappa shape index (κ1) is 18.6. The fourth-order valence-electron chi connectivity index (χ4n) is 2.06. The van der Waals surface area contributed by atoms with Crippen LogP contribution in [0.1, 0.15) is 0 Å². The number of aromatic nitrogens is 4. The molecule has 4 aromatic heterocycles. The first-order valence-electron chi connectivity index (χ1n) is 7.58. The van der Waals surface area contributed by atoms with E-state index in [0.717, 1.165) is 22.8 Å². The van der Waals surface area contributed by atoms with E-state index in [4.69, 9.17) is 0 Å². The van der Waals surface area contributed by atoms with Crippen LogP contribution in [0.5, 0.6) is 0 Å². The molecule has 0 aliphatic carbocycles. The summed E-state index contributed by atoms with van der Waals surface area (Å²) in [5.74, 6) is 0. The molecule has 5 heteroatoms. The predicted molar refractivity (Wildman–Crippen MR) is 94.9 cm³/mol. The van der Waals surface area contributed by atoms with Gasteiger partial charge in [-0.15, -0.1) is 0 Å². The summed E-state index contributed by atoms with van der Waals surface area (Å²) in [5.41, 5.74) is 3.66. The van der Waals surface area contributed by atoms with Crippen LogP contribution in [-0.2, 0) is 19.5 Å². The molecule has 0 fully saturated rings. The van der Waals surface area contributed by atoms with Gasteiger partial charge in [-0.2, -0.15) is 0 Å². The van der Waals surface area contributed by atoms with Gasteiger partial charge in [-0.05, 0) is 48.5 Å². The van der Waals surface area contributed by atoms with Crippen molar-refractivity contribution >= 4 is 0 Å². The van der Waals surface area contributed by atoms with Crippen molar-refractivity contribution in [2.24, 2.45) is 0 Å². The molecule has 4 rings (SSSR count). The number of pyridine rings is 4. The molecule has 0 spiro atoms. The Morgan fingerprint density at radius 2 is 0.600 bits per heavy atom. The van der Waals surface area contributed by atoms with Gasteiger partial charge in [-0.3, -0.25) is 19.9 Å². The fourth-order valence-corrected chi connectivity index (χ4v) is 2.06. The van der Waals surface area contributed by atoms with Gasteiger partial charge in [0.1, 0.15) is 0 Å². The van der Waals surface area contributed by atoms with Gasteiger partial charge < -0.3 is 0 Å². The maximum Gasteiger partial charge on any atom is 0.0886 e. The third-order valence-corrected chi connectivity index (χ3v) is 3.18. The van der Waals surface area contributed by atoms with Crippen LogP contribution in [0.3, 0.4) is 0 Å². The van der Waals surface area contributed by atoms with Crippen molar-refractivity contribution in [3.05, 3.63) is 97.6 Å². The first-order valence-corrected chi connectivity index (χ1v) is 7.58. The monoisotopic (exact) mass is 414 g/mol. The zero-order valence-electron chi connectivity index (χ0n) is 13.4. The molecule has 4 aromatic rings. The normalized spacial score (nSPS) is 9.28. The molecule has 124 valence electrons. The molecule has 0 atom stereocenters. The topological polar surface area (TPSA) is 51.6 Å². The Labute approximate surface area is 159 Å². The van der Waals surface area contributed by atoms with Crippen molar-refractivity contribution in [3.8, 4) is 22.8 Å². The van der Waals surface area contributed by atoms with E-state index >= 15 is 0 Å². The molecule has 0 N–H and O–H groups in total. The van der Waals surface area contributed by atoms with E-state index < -0.39 is 0 Å². The second-order valence-corrected chi connectivity index (χ2v) is 4.86. The summed E-state index contributed by atoms with van der Waals surface area (Å²) in [7, 11) is 0. The SMILES string of the molecule is [Ru].c1ccc(-c2ccccn2)nc1.c1ccc(-c2ccccn2)nc1. The standard InChI is InChI=1S/2C10H8N2.Ru/c2*1-3-7-11-9(5-1)10-6-2-4-8-12-10;/h2*1-8H;. The van der Waals surface area contributed by atoms with Crippen molar-refractivity contribution in [1.82, 2.24) is 19.9 Å². The van der Waals surface area contributed by atoms with Crippen LogP contribution in [0.4, 0.5) is 0 Å². The maximum atomic E-state index is 4.19. The van der Waals surface area contributed by atoms with E-state index in [0.29, 0.717) is 0 Å². The van der Waals surface area contributed by atoms with Gasteiger partial charge in [0.2, 0.25) is 0 Å². The van der Waals surface area contributed by atoms with Gasteiger partial charge in [0, 0.05) is 44.3 Å². The molecular weight excluding hydrogens is 397 g/mol. The van der Waals surface area contributed by atoms with E-state index in [9.17, 15) is 0 Å². The van der Waals surface area contributed by atoms with Crippen molar-refractivity contribution < 1.29 is 19.5 Å². The largest absolute Gasteiger partial charge is 0.255 e. The van der Waals surface area contributed by atoms with Crippen LogP contribution in [0.25, 0.3) is 22.8 Å². The zero-order valence-corrected chi connectivity index (χ0v) is 15.1. The maximum absolute atomic E-state index is 4.19. The van der Waals surface area contributed by atoms with Crippen molar-refractivity contribution in [3.63, 3.8) is 0 Å². The second-order valence-electron chi connectivity index (χ2n) is 4.86. The second kappa shape index (κ2) is 10.2. The van der Waals surface area contributed by atoms with E-state index in [1.54, 1.807) is 24.8 Å². The summed E-state index contributed by atoms with van der Waals surface area (Å²) in [6, 6.07) is 23.2. The summed E-state index contributed by atoms with van der Waals surface area (Å²) < 4.78 is 0. The van der Waals surface area contributed by atoms with E-state index in [-0.39, 0.29) is 19.5 Å². The average molecular weight is 413 g/mol. The number of hydrogen-bond acceptors (Lipinski definition) is 4. The van der Waals surface area contributed by atoms with Crippen LogP contribution in [0, 0.1) is 0 Å². The molecule has 25 heavy (non-hydrogen) atoms. The molecule has 0 aliphatic heterocycles. The Bertz CT molecular complexity index is 692. The molecule has 0 aromatic carbocycles. The van der Waals surface area contributed by atoms with Crippen molar-refractivity contribution in [2.75, 3.05) is 0 Å². The fraction of sp³-hybridized carbons (Fsp3) is 0. The van der Waals surface area contributed by atoms with Gasteiger partial charge in [-0.25, -0.2) is 0 Å². The summed E-state index contributed by atoms with van der Waals surface area (Å²) in [4.78, 5) is 16.7. The minimum Gasteiger partial charge on any atom is -0.255 e. The van der Waals surface area contributed by atoms with Crippen LogP contribution >= 0.6 is 0 Å². The molecule has 0 saturated carbocycles. The van der Waals surface area contributed by atoms with Crippen LogP contribution in [0.15, 0.2) is 97.6 Å². The van der Waals surface area contributed by atoms with Gasteiger partial charge >= 0.3 is 0 Å². The molecule has 0 radical (unpaired) electrons. The summed E-state index contributed by atoms with van der Waals surface area (Å²) in [6.07, 6.45) is 7.07. The van der Waals surface area contributed by atoms with Crippen LogP contribution in [-0.4, -0.2) is 19.9 Å². The molecule has 0 bridgehead atoms. The third kappa shape index (κ3) is 5.66. The third-order valence-electron chi connectivity index (χ3n) is 3.18. The quantitative estimate of drug-likeness (QED) is 0.460. The Morgan fingerprint density at radius 1 is 0.360 bits per heavy atom. The van der Waals surface area contributed by atoms with Gasteiger partial charge in [0.05, 0.1) is 22.8 Å². The minimum absolute atomic E-state index is 0. The predicted octanol–water partition coefficient (Wildman–Crippen LogP) is 4.28. The molecule has 4 nitrogen and oxygen atoms in total. The average Bonchev–Trinajstić information content (AvgIpc) is 2.71. The summed E-state index contributed by atoms with van der Waals surface area (Å²) >= 11 is 0. The van der Waals surface area contributed by atoms with Crippen molar-refractivity contribution in [2.45, 2.75) is 0 Å². The van der Waals surface area contributed by atoms with Gasteiger partial charge in [-0.1, -0.05) is 24.3 Å². The number of rotatable bonds is 2. The van der Waals surface area contributed by atoms with Gasteiger partial charge in [0.25, 0.3) is 0 Å². The Kier molecular flexibility index (Phi) is 7.55. The Balaban J connectivity index is 0.000000173. The molecule has 0 aliphatic rings. The van der Waals surface area contributed by atoms with E-state index in [1.807, 2.05) is 72.8 Å². The molecule has 0 unspecified atom stereocenters. The summed E-state index contributed by atoms with van der Waals surface area (Å²) in [6.45, 7) is 0. The number of hydrogen-bond donors (Lipinski definition) is 0. The van der Waals surface area contributed by atoms with Gasteiger partial charge in [0.15, 0.2) is 0 Å². The minimum atomic E-state index is 0. The smallest absolute Gasteiger partial charge is 0.0886 e. The Hall–Kier alpha value is -2.78. The molecule has 0 saturated heterocycles. The van der Waals surface area contributed by atoms with E-state index in [1.165, 1.54) is 0 Å². The first-order chi connectivity index (χ1) is 11.9. The zero-order chi connectivity index (χ0) is 16.5. The van der Waals surface area contributed by atoms with E-state index in [2.05, 4.69) is 19.9 Å². The summed E-state index contributed by atoms with van der Waals surface area (Å²) in [5, 5.41) is 0. The molecule has 0 amide bonds. The van der Waals surface area contributed by atoms with Crippen molar-refractivity contribution in [1.29, 1.82) is 0 Å².